The molecule has 0 amide bonds. The van der Waals surface area contributed by atoms with Crippen LogP contribution in [0.15, 0.2) is 9.80 Å². The quantitative estimate of drug-likeness (QED) is 0.716. The molecule has 0 bridgehead atoms. The monoisotopic (exact) mass is 225 g/mol. The molecule has 7 heteroatoms. The number of thiazole rings is 1. The van der Waals surface area contributed by atoms with Crippen molar-refractivity contribution in [1.29, 1.82) is 0 Å². The van der Waals surface area contributed by atoms with Gasteiger partial charge >= 0.3 is 11.9 Å². The van der Waals surface area contributed by atoms with Gasteiger partial charge in [0.15, 0.2) is 0 Å². The van der Waals surface area contributed by atoms with Crippen molar-refractivity contribution >= 4 is 17.3 Å². The number of hydrogen-bond donors (Lipinski definition) is 0. The molecule has 0 saturated heterocycles. The molecular formula is C8H7N3O3S. The van der Waals surface area contributed by atoms with Crippen LogP contribution in [0, 0.1) is 6.92 Å². The van der Waals surface area contributed by atoms with Crippen molar-refractivity contribution in [2.75, 3.05) is 7.11 Å². The Morgan fingerprint density at radius 2 is 2.33 bits per heavy atom. The van der Waals surface area contributed by atoms with Crippen LogP contribution in [-0.4, -0.2) is 28.3 Å². The summed E-state index contributed by atoms with van der Waals surface area (Å²) in [4.78, 5) is 15.2. The lowest BCUT2D eigenvalue weighted by molar-refractivity contribution is 0.0556. The smallest absolute Gasteiger partial charge is 0.396 e. The molecule has 0 aliphatic carbocycles. The second-order valence-electron chi connectivity index (χ2n) is 2.66. The van der Waals surface area contributed by atoms with Crippen molar-refractivity contribution in [3.05, 3.63) is 16.3 Å². The van der Waals surface area contributed by atoms with Crippen LogP contribution < -0.4 is 0 Å². The van der Waals surface area contributed by atoms with Crippen LogP contribution in [0.5, 0.6) is 0 Å². The molecule has 0 aliphatic heterocycles. The Labute approximate surface area is 88.9 Å². The first-order valence-electron chi connectivity index (χ1n) is 4.05. The van der Waals surface area contributed by atoms with Crippen molar-refractivity contribution in [2.45, 2.75) is 6.92 Å². The summed E-state index contributed by atoms with van der Waals surface area (Å²) in [6.07, 6.45) is 0. The van der Waals surface area contributed by atoms with Gasteiger partial charge in [-0.1, -0.05) is 0 Å². The number of aromatic nitrogens is 3. The Bertz CT molecular complexity index is 491. The van der Waals surface area contributed by atoms with Gasteiger partial charge in [0.1, 0.15) is 5.69 Å². The zero-order chi connectivity index (χ0) is 10.8. The summed E-state index contributed by atoms with van der Waals surface area (Å²) in [7, 11) is 1.25. The molecule has 0 spiro atoms. The number of rotatable bonds is 2. The van der Waals surface area contributed by atoms with Crippen LogP contribution in [0.3, 0.4) is 0 Å². The predicted molar refractivity (Wildman–Crippen MR) is 51.5 cm³/mol. The van der Waals surface area contributed by atoms with Crippen LogP contribution in [0.4, 0.5) is 0 Å². The molecule has 0 aromatic carbocycles. The van der Waals surface area contributed by atoms with Crippen LogP contribution in [0.1, 0.15) is 15.7 Å². The Morgan fingerprint density at radius 3 is 2.93 bits per heavy atom. The van der Waals surface area contributed by atoms with Crippen molar-refractivity contribution in [3.8, 4) is 11.6 Å². The maximum Gasteiger partial charge on any atom is 0.396 e. The summed E-state index contributed by atoms with van der Waals surface area (Å²) in [6, 6.07) is 0. The van der Waals surface area contributed by atoms with Gasteiger partial charge in [-0.3, -0.25) is 0 Å². The highest BCUT2D eigenvalue weighted by molar-refractivity contribution is 7.09. The molecule has 15 heavy (non-hydrogen) atoms. The number of nitrogens with zero attached hydrogens (tertiary/aromatic N) is 3. The Hall–Kier alpha value is -1.76. The third kappa shape index (κ3) is 1.86. The highest BCUT2D eigenvalue weighted by Crippen LogP contribution is 2.19. The molecule has 0 radical (unpaired) electrons. The summed E-state index contributed by atoms with van der Waals surface area (Å²) < 4.78 is 9.52. The number of esters is 1. The van der Waals surface area contributed by atoms with E-state index in [0.29, 0.717) is 5.69 Å². The lowest BCUT2D eigenvalue weighted by Crippen LogP contribution is -2.00. The SMILES string of the molecule is COC(=O)c1nnc(-c2csc(C)n2)o1. The van der Waals surface area contributed by atoms with Crippen molar-refractivity contribution in [1.82, 2.24) is 15.2 Å². The number of carbonyl (C=O) groups is 1. The van der Waals surface area contributed by atoms with Crippen LogP contribution in [0.2, 0.25) is 0 Å². The number of methoxy groups -OCH3 is 1. The summed E-state index contributed by atoms with van der Waals surface area (Å²) in [6.45, 7) is 1.87. The molecule has 0 saturated carbocycles. The van der Waals surface area contributed by atoms with E-state index in [2.05, 4.69) is 19.9 Å². The van der Waals surface area contributed by atoms with E-state index >= 15 is 0 Å². The van der Waals surface area contributed by atoms with Gasteiger partial charge in [-0.2, -0.15) is 0 Å². The molecule has 2 aromatic heterocycles. The first-order chi connectivity index (χ1) is 7.20. The highest BCUT2D eigenvalue weighted by Gasteiger charge is 2.17. The third-order valence-corrected chi connectivity index (χ3v) is 2.40. The van der Waals surface area contributed by atoms with E-state index < -0.39 is 5.97 Å². The largest absolute Gasteiger partial charge is 0.462 e. The van der Waals surface area contributed by atoms with Gasteiger partial charge in [0.2, 0.25) is 0 Å². The summed E-state index contributed by atoms with van der Waals surface area (Å²) in [5, 5.41) is 9.91. The molecule has 0 fully saturated rings. The van der Waals surface area contributed by atoms with Crippen LogP contribution >= 0.6 is 11.3 Å². The first kappa shape index (κ1) is 9.78. The number of ether oxygens (including phenoxy) is 1. The molecule has 2 heterocycles. The first-order valence-corrected chi connectivity index (χ1v) is 4.93. The fraction of sp³-hybridized carbons (Fsp3) is 0.250. The molecule has 0 N–H and O–H groups in total. The standard InChI is InChI=1S/C8H7N3O3S/c1-4-9-5(3-15-4)6-10-11-7(14-6)8(12)13-2/h3H,1-2H3. The van der Waals surface area contributed by atoms with Crippen LogP contribution in [-0.2, 0) is 4.74 Å². The van der Waals surface area contributed by atoms with Gasteiger partial charge in [-0.05, 0) is 6.92 Å². The van der Waals surface area contributed by atoms with E-state index in [0.717, 1.165) is 5.01 Å². The third-order valence-electron chi connectivity index (χ3n) is 1.62. The summed E-state index contributed by atoms with van der Waals surface area (Å²) in [5.41, 5.74) is 0.570. The summed E-state index contributed by atoms with van der Waals surface area (Å²) in [5.74, 6) is -0.599. The molecule has 0 aliphatic rings. The van der Waals surface area contributed by atoms with Gasteiger partial charge in [0.25, 0.3) is 5.89 Å². The molecule has 0 atom stereocenters. The molecule has 0 unspecified atom stereocenters. The second kappa shape index (κ2) is 3.77. The normalized spacial score (nSPS) is 10.3. The van der Waals surface area contributed by atoms with E-state index in [-0.39, 0.29) is 11.8 Å². The van der Waals surface area contributed by atoms with Gasteiger partial charge in [0.05, 0.1) is 12.1 Å². The molecular weight excluding hydrogens is 218 g/mol. The van der Waals surface area contributed by atoms with Crippen molar-refractivity contribution in [3.63, 3.8) is 0 Å². The van der Waals surface area contributed by atoms with Crippen molar-refractivity contribution in [2.24, 2.45) is 0 Å². The molecule has 2 rings (SSSR count). The zero-order valence-electron chi connectivity index (χ0n) is 8.05. The lowest BCUT2D eigenvalue weighted by atomic mass is 10.5. The Balaban J connectivity index is 2.31. The molecule has 2 aromatic rings. The highest BCUT2D eigenvalue weighted by atomic mass is 32.1. The van der Waals surface area contributed by atoms with E-state index in [1.807, 2.05) is 6.92 Å². The number of carbonyl (C=O) groups excluding carboxylic acids is 1. The zero-order valence-corrected chi connectivity index (χ0v) is 8.87. The van der Waals surface area contributed by atoms with Gasteiger partial charge in [-0.25, -0.2) is 9.78 Å². The number of aryl methyl sites for hydroxylation is 1. The van der Waals surface area contributed by atoms with E-state index in [4.69, 9.17) is 4.42 Å². The van der Waals surface area contributed by atoms with Gasteiger partial charge in [-0.15, -0.1) is 21.5 Å². The van der Waals surface area contributed by atoms with Gasteiger partial charge in [0, 0.05) is 5.38 Å². The fourth-order valence-corrected chi connectivity index (χ4v) is 1.54. The lowest BCUT2D eigenvalue weighted by Gasteiger charge is -1.89. The maximum atomic E-state index is 11.0. The fourth-order valence-electron chi connectivity index (χ4n) is 0.958. The minimum Gasteiger partial charge on any atom is -0.462 e. The van der Waals surface area contributed by atoms with Gasteiger partial charge < -0.3 is 9.15 Å². The minimum atomic E-state index is -0.652. The van der Waals surface area contributed by atoms with E-state index in [1.165, 1.54) is 18.4 Å². The Morgan fingerprint density at radius 1 is 1.53 bits per heavy atom. The van der Waals surface area contributed by atoms with E-state index in [9.17, 15) is 4.79 Å². The molecule has 6 nitrogen and oxygen atoms in total. The minimum absolute atomic E-state index is 0.168. The topological polar surface area (TPSA) is 78.1 Å². The molecule has 78 valence electrons. The maximum absolute atomic E-state index is 11.0. The average molecular weight is 225 g/mol. The average Bonchev–Trinajstić information content (AvgIpc) is 2.84. The summed E-state index contributed by atoms with van der Waals surface area (Å²) >= 11 is 1.47. The second-order valence-corrected chi connectivity index (χ2v) is 3.72. The van der Waals surface area contributed by atoms with E-state index in [1.54, 1.807) is 5.38 Å². The predicted octanol–water partition coefficient (Wildman–Crippen LogP) is 1.29. The number of hydrogen-bond acceptors (Lipinski definition) is 7. The van der Waals surface area contributed by atoms with Crippen LogP contribution in [0.25, 0.3) is 11.6 Å². The Kier molecular flexibility index (Phi) is 2.46. The van der Waals surface area contributed by atoms with Crippen molar-refractivity contribution < 1.29 is 13.9 Å².